The van der Waals surface area contributed by atoms with E-state index in [2.05, 4.69) is 43.5 Å². The van der Waals surface area contributed by atoms with Gasteiger partial charge in [0.05, 0.1) is 17.2 Å². The molecule has 1 aromatic heterocycles. The predicted molar refractivity (Wildman–Crippen MR) is 109 cm³/mol. The first-order valence-corrected chi connectivity index (χ1v) is 10.4. The van der Waals surface area contributed by atoms with Crippen LogP contribution in [0.15, 0.2) is 38.7 Å². The van der Waals surface area contributed by atoms with Crippen LogP contribution < -0.4 is 16.2 Å². The van der Waals surface area contributed by atoms with E-state index in [1.807, 2.05) is 6.07 Å². The number of amides is 2. The molecule has 142 valence electrons. The molecule has 1 aromatic carbocycles. The lowest BCUT2D eigenvalue weighted by atomic mass is 9.92. The van der Waals surface area contributed by atoms with E-state index < -0.39 is 17.4 Å². The Labute approximate surface area is 168 Å². The highest BCUT2D eigenvalue weighted by molar-refractivity contribution is 9.10. The summed E-state index contributed by atoms with van der Waals surface area (Å²) in [6.45, 7) is 2.08. The minimum absolute atomic E-state index is 0.101. The largest absolute Gasteiger partial charge is 0.325 e. The van der Waals surface area contributed by atoms with Crippen LogP contribution in [0.2, 0.25) is 0 Å². The Hall–Kier alpha value is -2.13. The number of para-hydroxylation sites is 1. The van der Waals surface area contributed by atoms with E-state index >= 15 is 0 Å². The smallest absolute Gasteiger partial charge is 0.257 e. The molecule has 7 nitrogen and oxygen atoms in total. The summed E-state index contributed by atoms with van der Waals surface area (Å²) < 4.78 is 0.716. The van der Waals surface area contributed by atoms with E-state index in [-0.39, 0.29) is 23.7 Å². The molecule has 0 saturated carbocycles. The number of carbonyl (C=O) groups excluding carboxylic acids is 2. The number of hydrogen-bond donors (Lipinski definition) is 3. The van der Waals surface area contributed by atoms with Gasteiger partial charge in [-0.05, 0) is 34.5 Å². The fourth-order valence-corrected chi connectivity index (χ4v) is 4.07. The number of fused-ring (bicyclic) bond motifs is 1. The number of aromatic amines is 1. The minimum Gasteiger partial charge on any atom is -0.325 e. The summed E-state index contributed by atoms with van der Waals surface area (Å²) in [6, 6.07) is 7.15. The molecule has 0 fully saturated rings. The van der Waals surface area contributed by atoms with Crippen molar-refractivity contribution in [3.63, 3.8) is 0 Å². The van der Waals surface area contributed by atoms with Gasteiger partial charge in [-0.2, -0.15) is 0 Å². The van der Waals surface area contributed by atoms with Crippen LogP contribution >= 0.6 is 27.7 Å². The van der Waals surface area contributed by atoms with Gasteiger partial charge in [0, 0.05) is 16.6 Å². The molecule has 0 spiro atoms. The molecular formula is C18H19BrN4O3S. The molecule has 1 aliphatic heterocycles. The predicted octanol–water partition coefficient (Wildman–Crippen LogP) is 3.49. The van der Waals surface area contributed by atoms with E-state index in [0.29, 0.717) is 15.3 Å². The number of carbonyl (C=O) groups is 2. The van der Waals surface area contributed by atoms with Gasteiger partial charge in [0.2, 0.25) is 11.8 Å². The number of unbranched alkanes of at least 4 members (excludes halogenated alkanes) is 1. The highest BCUT2D eigenvalue weighted by atomic mass is 79.9. The van der Waals surface area contributed by atoms with E-state index in [1.165, 1.54) is 11.8 Å². The van der Waals surface area contributed by atoms with Gasteiger partial charge in [0.25, 0.3) is 5.56 Å². The molecule has 1 atom stereocenters. The number of aromatic nitrogens is 2. The lowest BCUT2D eigenvalue weighted by Crippen LogP contribution is -2.36. The van der Waals surface area contributed by atoms with Crippen LogP contribution in [0, 0.1) is 0 Å². The molecule has 1 aliphatic rings. The standard InChI is InChI=1S/C18H19BrN4O3S/c1-2-3-8-27-18-22-15-14(17(26)23-18)10(9-13(24)21-15)16(25)20-12-7-5-4-6-11(12)19/h4-7,10H,2-3,8-9H2,1H3,(H,20,25)(H2,21,22,23,24,26). The van der Waals surface area contributed by atoms with Crippen molar-refractivity contribution < 1.29 is 9.59 Å². The molecule has 0 radical (unpaired) electrons. The Balaban J connectivity index is 1.88. The molecule has 0 aliphatic carbocycles. The molecule has 0 bridgehead atoms. The first kappa shape index (κ1) is 19.6. The minimum atomic E-state index is -0.896. The van der Waals surface area contributed by atoms with Crippen molar-refractivity contribution in [1.82, 2.24) is 9.97 Å². The Kier molecular flexibility index (Phi) is 6.33. The summed E-state index contributed by atoms with van der Waals surface area (Å²) in [5, 5.41) is 5.84. The molecule has 3 rings (SSSR count). The van der Waals surface area contributed by atoms with Crippen molar-refractivity contribution in [3.05, 3.63) is 44.7 Å². The van der Waals surface area contributed by atoms with Gasteiger partial charge in [-0.1, -0.05) is 37.2 Å². The van der Waals surface area contributed by atoms with Crippen LogP contribution in [0.3, 0.4) is 0 Å². The highest BCUT2D eigenvalue weighted by Crippen LogP contribution is 2.31. The second-order valence-electron chi connectivity index (χ2n) is 6.11. The molecule has 2 heterocycles. The van der Waals surface area contributed by atoms with Crippen LogP contribution in [0.25, 0.3) is 0 Å². The van der Waals surface area contributed by atoms with Crippen LogP contribution in [0.4, 0.5) is 11.5 Å². The van der Waals surface area contributed by atoms with Gasteiger partial charge < -0.3 is 15.6 Å². The number of nitrogens with zero attached hydrogens (tertiary/aromatic N) is 1. The zero-order valence-corrected chi connectivity index (χ0v) is 17.1. The third-order valence-electron chi connectivity index (χ3n) is 4.11. The number of hydrogen-bond acceptors (Lipinski definition) is 5. The first-order chi connectivity index (χ1) is 13.0. The summed E-state index contributed by atoms with van der Waals surface area (Å²) in [5.74, 6) is -0.667. The summed E-state index contributed by atoms with van der Waals surface area (Å²) in [7, 11) is 0. The molecule has 27 heavy (non-hydrogen) atoms. The fourth-order valence-electron chi connectivity index (χ4n) is 2.74. The lowest BCUT2D eigenvalue weighted by Gasteiger charge is -2.23. The quantitative estimate of drug-likeness (QED) is 0.355. The number of rotatable bonds is 6. The first-order valence-electron chi connectivity index (χ1n) is 8.61. The molecule has 3 N–H and O–H groups in total. The van der Waals surface area contributed by atoms with Crippen molar-refractivity contribution in [1.29, 1.82) is 0 Å². The second kappa shape index (κ2) is 8.71. The number of nitrogens with one attached hydrogen (secondary N) is 3. The average molecular weight is 451 g/mol. The van der Waals surface area contributed by atoms with Crippen molar-refractivity contribution in [3.8, 4) is 0 Å². The van der Waals surface area contributed by atoms with Crippen LogP contribution in [-0.2, 0) is 9.59 Å². The Morgan fingerprint density at radius 3 is 2.89 bits per heavy atom. The van der Waals surface area contributed by atoms with E-state index in [9.17, 15) is 14.4 Å². The molecule has 2 aromatic rings. The highest BCUT2D eigenvalue weighted by Gasteiger charge is 2.34. The summed E-state index contributed by atoms with van der Waals surface area (Å²) in [5.41, 5.74) is 0.372. The van der Waals surface area contributed by atoms with Crippen LogP contribution in [0.5, 0.6) is 0 Å². The van der Waals surface area contributed by atoms with Gasteiger partial charge in [-0.25, -0.2) is 4.98 Å². The number of H-pyrrole nitrogens is 1. The third kappa shape index (κ3) is 4.59. The Morgan fingerprint density at radius 2 is 2.15 bits per heavy atom. The molecule has 9 heteroatoms. The zero-order valence-electron chi connectivity index (χ0n) is 14.7. The lowest BCUT2D eigenvalue weighted by molar-refractivity contribution is -0.123. The van der Waals surface area contributed by atoms with Crippen LogP contribution in [0.1, 0.15) is 37.7 Å². The Morgan fingerprint density at radius 1 is 1.37 bits per heavy atom. The summed E-state index contributed by atoms with van der Waals surface area (Å²) in [4.78, 5) is 44.5. The number of anilines is 2. The maximum absolute atomic E-state index is 12.8. The van der Waals surface area contributed by atoms with E-state index in [1.54, 1.807) is 18.2 Å². The second-order valence-corrected chi connectivity index (χ2v) is 8.05. The maximum atomic E-state index is 12.8. The number of thioether (sulfide) groups is 1. The van der Waals surface area contributed by atoms with Crippen molar-refractivity contribution in [2.45, 2.75) is 37.3 Å². The van der Waals surface area contributed by atoms with Crippen LogP contribution in [-0.4, -0.2) is 27.5 Å². The molecule has 2 amide bonds. The van der Waals surface area contributed by atoms with Crippen molar-refractivity contribution in [2.75, 3.05) is 16.4 Å². The average Bonchev–Trinajstić information content (AvgIpc) is 2.62. The van der Waals surface area contributed by atoms with Gasteiger partial charge >= 0.3 is 0 Å². The number of halogens is 1. The van der Waals surface area contributed by atoms with E-state index in [0.717, 1.165) is 18.6 Å². The van der Waals surface area contributed by atoms with E-state index in [4.69, 9.17) is 0 Å². The Bertz CT molecular complexity index is 931. The SMILES string of the molecule is CCCCSc1nc2c(c(=O)[nH]1)C(C(=O)Nc1ccccc1Br)CC(=O)N2. The van der Waals surface area contributed by atoms with Gasteiger partial charge in [0.15, 0.2) is 5.16 Å². The maximum Gasteiger partial charge on any atom is 0.257 e. The molecule has 1 unspecified atom stereocenters. The van der Waals surface area contributed by atoms with Gasteiger partial charge in [-0.3, -0.25) is 14.4 Å². The third-order valence-corrected chi connectivity index (χ3v) is 5.77. The molecular weight excluding hydrogens is 432 g/mol. The fraction of sp³-hybridized carbons (Fsp3) is 0.333. The van der Waals surface area contributed by atoms with Crippen molar-refractivity contribution >= 4 is 51.0 Å². The monoisotopic (exact) mass is 450 g/mol. The topological polar surface area (TPSA) is 104 Å². The normalized spacial score (nSPS) is 15.8. The summed E-state index contributed by atoms with van der Waals surface area (Å²) in [6.07, 6.45) is 1.93. The number of benzene rings is 1. The molecule has 0 saturated heterocycles. The van der Waals surface area contributed by atoms with Crippen molar-refractivity contribution in [2.24, 2.45) is 0 Å². The zero-order chi connectivity index (χ0) is 19.4. The summed E-state index contributed by atoms with van der Waals surface area (Å²) >= 11 is 4.79. The van der Waals surface area contributed by atoms with Gasteiger partial charge in [0.1, 0.15) is 5.82 Å². The van der Waals surface area contributed by atoms with Gasteiger partial charge in [-0.15, -0.1) is 0 Å².